The second kappa shape index (κ2) is 12.1. The maximum absolute atomic E-state index is 13.4. The van der Waals surface area contributed by atoms with E-state index in [2.05, 4.69) is 10.2 Å². The molecule has 0 amide bonds. The summed E-state index contributed by atoms with van der Waals surface area (Å²) in [6, 6.07) is 0. The topological polar surface area (TPSA) is 34.6 Å². The lowest BCUT2D eigenvalue weighted by Crippen LogP contribution is -2.24. The molecule has 2 rings (SSSR count). The molecule has 0 atom stereocenters. The summed E-state index contributed by atoms with van der Waals surface area (Å²) in [4.78, 5) is 0.0432. The molecule has 0 fully saturated rings. The molecule has 0 bridgehead atoms. The van der Waals surface area contributed by atoms with Gasteiger partial charge in [-0.2, -0.15) is 26.3 Å². The molecular formula is C20H28F6N4S2. The lowest BCUT2D eigenvalue weighted by atomic mass is 10.2. The Morgan fingerprint density at radius 1 is 0.656 bits per heavy atom. The molecule has 4 nitrogen and oxygen atoms in total. The highest BCUT2D eigenvalue weighted by atomic mass is 32.1. The van der Waals surface area contributed by atoms with Crippen molar-refractivity contribution in [1.82, 2.24) is 9.13 Å². The molecule has 0 N–H and O–H groups in total. The number of nitrogens with zero attached hydrogens (tertiary/aromatic N) is 4. The molecule has 2 aromatic rings. The maximum atomic E-state index is 13.4. The zero-order valence-electron chi connectivity index (χ0n) is 18.1. The van der Waals surface area contributed by atoms with E-state index in [0.717, 1.165) is 81.1 Å². The molecule has 0 saturated heterocycles. The van der Waals surface area contributed by atoms with Gasteiger partial charge >= 0.3 is 12.4 Å². The van der Waals surface area contributed by atoms with E-state index in [1.165, 1.54) is 0 Å². The largest absolute Gasteiger partial charge is 0.432 e. The lowest BCUT2D eigenvalue weighted by Gasteiger charge is -2.11. The van der Waals surface area contributed by atoms with Gasteiger partial charge in [-0.15, -0.1) is 32.9 Å². The van der Waals surface area contributed by atoms with Crippen LogP contribution in [0.3, 0.4) is 0 Å². The van der Waals surface area contributed by atoms with Gasteiger partial charge in [-0.05, 0) is 12.8 Å². The van der Waals surface area contributed by atoms with Gasteiger partial charge < -0.3 is 9.13 Å². The average Bonchev–Trinajstić information content (AvgIpc) is 3.30. The van der Waals surface area contributed by atoms with Crippen molar-refractivity contribution in [1.29, 1.82) is 0 Å². The Labute approximate surface area is 190 Å². The van der Waals surface area contributed by atoms with Crippen LogP contribution in [-0.2, 0) is 25.4 Å². The molecule has 0 aromatic carbocycles. The number of rotatable bonds is 11. The van der Waals surface area contributed by atoms with Gasteiger partial charge in [0.05, 0.1) is 0 Å². The minimum absolute atomic E-state index is 0.0216. The normalized spacial score (nSPS) is 14.0. The highest BCUT2D eigenvalue weighted by Crippen LogP contribution is 2.30. The van der Waals surface area contributed by atoms with Crippen molar-refractivity contribution in [2.75, 3.05) is 0 Å². The Bertz CT molecular complexity index is 884. The summed E-state index contributed by atoms with van der Waals surface area (Å²) in [5, 5.41) is 9.83. The molecule has 0 aliphatic rings. The number of hydrogen-bond donors (Lipinski definition) is 0. The second-order valence-electron chi connectivity index (χ2n) is 7.43. The van der Waals surface area contributed by atoms with Crippen LogP contribution in [0.5, 0.6) is 0 Å². The summed E-state index contributed by atoms with van der Waals surface area (Å²) in [7, 11) is 0. The van der Waals surface area contributed by atoms with E-state index in [0.29, 0.717) is 12.8 Å². The Kier molecular flexibility index (Phi) is 10.1. The number of unbranched alkanes of at least 4 members (excludes halogenated alkanes) is 6. The van der Waals surface area contributed by atoms with Gasteiger partial charge in [-0.3, -0.25) is 0 Å². The van der Waals surface area contributed by atoms with Crippen molar-refractivity contribution < 1.29 is 26.3 Å². The van der Waals surface area contributed by atoms with Crippen molar-refractivity contribution >= 4 is 22.7 Å². The third-order valence-electron chi connectivity index (χ3n) is 4.87. The van der Waals surface area contributed by atoms with Gasteiger partial charge in [0, 0.05) is 23.8 Å². The first-order chi connectivity index (χ1) is 15.1. The lowest BCUT2D eigenvalue weighted by molar-refractivity contribution is -0.144. The minimum Gasteiger partial charge on any atom is -0.311 e. The van der Waals surface area contributed by atoms with Gasteiger partial charge in [0.1, 0.15) is 11.4 Å². The van der Waals surface area contributed by atoms with Gasteiger partial charge in [0.25, 0.3) is 0 Å². The predicted molar refractivity (Wildman–Crippen MR) is 114 cm³/mol. The van der Waals surface area contributed by atoms with E-state index in [1.807, 2.05) is 13.8 Å². The van der Waals surface area contributed by atoms with Crippen LogP contribution in [-0.4, -0.2) is 9.13 Å². The van der Waals surface area contributed by atoms with Gasteiger partial charge in [0.15, 0.2) is 0 Å². The molecule has 32 heavy (non-hydrogen) atoms. The molecule has 2 aromatic heterocycles. The van der Waals surface area contributed by atoms with E-state index < -0.39 is 23.7 Å². The first-order valence-electron chi connectivity index (χ1n) is 10.7. The van der Waals surface area contributed by atoms with E-state index >= 15 is 0 Å². The van der Waals surface area contributed by atoms with Crippen LogP contribution in [0, 0.1) is 0 Å². The summed E-state index contributed by atoms with van der Waals surface area (Å²) in [5.41, 5.74) is -1.63. The fourth-order valence-corrected chi connectivity index (χ4v) is 4.95. The third kappa shape index (κ3) is 7.50. The molecule has 182 valence electrons. The monoisotopic (exact) mass is 502 g/mol. The number of hydrogen-bond acceptors (Lipinski definition) is 4. The summed E-state index contributed by atoms with van der Waals surface area (Å²) in [5.74, 6) is 0. The molecule has 0 unspecified atom stereocenters. The molecule has 0 saturated carbocycles. The first-order valence-corrected chi connectivity index (χ1v) is 12.4. The van der Waals surface area contributed by atoms with Gasteiger partial charge in [-0.1, -0.05) is 52.4 Å². The number of halogens is 6. The summed E-state index contributed by atoms with van der Waals surface area (Å²) in [6.07, 6.45) is -2.69. The SMILES string of the molecule is CCCCCCn1c(C(F)(F)F)cs/c1=N\N=c1\scc(C(F)(F)F)n1CCCCCC. The van der Waals surface area contributed by atoms with Crippen LogP contribution in [0.2, 0.25) is 0 Å². The summed E-state index contributed by atoms with van der Waals surface area (Å²) >= 11 is 1.57. The molecule has 0 aliphatic carbocycles. The number of alkyl halides is 6. The molecular weight excluding hydrogens is 474 g/mol. The molecule has 2 heterocycles. The predicted octanol–water partition coefficient (Wildman–Crippen LogP) is 7.03. The maximum Gasteiger partial charge on any atom is 0.432 e. The average molecular weight is 503 g/mol. The molecule has 0 spiro atoms. The highest BCUT2D eigenvalue weighted by molar-refractivity contribution is 7.07. The van der Waals surface area contributed by atoms with Crippen molar-refractivity contribution in [3.8, 4) is 0 Å². The minimum atomic E-state index is -4.54. The van der Waals surface area contributed by atoms with E-state index in [1.54, 1.807) is 0 Å². The van der Waals surface area contributed by atoms with Crippen LogP contribution in [0.4, 0.5) is 26.3 Å². The van der Waals surface area contributed by atoms with Gasteiger partial charge in [0.2, 0.25) is 9.60 Å². The quantitative estimate of drug-likeness (QED) is 0.180. The third-order valence-corrected chi connectivity index (χ3v) is 6.58. The van der Waals surface area contributed by atoms with Crippen LogP contribution in [0.15, 0.2) is 21.0 Å². The fraction of sp³-hybridized carbons (Fsp3) is 0.700. The van der Waals surface area contributed by atoms with Crippen LogP contribution in [0.25, 0.3) is 0 Å². The Balaban J connectivity index is 2.44. The molecule has 0 aliphatic heterocycles. The molecule has 0 radical (unpaired) electrons. The highest BCUT2D eigenvalue weighted by Gasteiger charge is 2.36. The zero-order chi connectivity index (χ0) is 23.8. The molecule has 12 heteroatoms. The Hall–Kier alpha value is -1.56. The van der Waals surface area contributed by atoms with E-state index in [9.17, 15) is 26.3 Å². The van der Waals surface area contributed by atoms with Crippen molar-refractivity contribution in [2.24, 2.45) is 10.2 Å². The van der Waals surface area contributed by atoms with E-state index in [-0.39, 0.29) is 22.7 Å². The van der Waals surface area contributed by atoms with E-state index in [4.69, 9.17) is 0 Å². The fourth-order valence-electron chi connectivity index (χ4n) is 3.18. The first kappa shape index (κ1) is 26.7. The Morgan fingerprint density at radius 3 is 1.34 bits per heavy atom. The van der Waals surface area contributed by atoms with Gasteiger partial charge in [-0.25, -0.2) is 0 Å². The number of aromatic nitrogens is 2. The van der Waals surface area contributed by atoms with Crippen LogP contribution < -0.4 is 9.60 Å². The summed E-state index contributed by atoms with van der Waals surface area (Å²) < 4.78 is 82.5. The van der Waals surface area contributed by atoms with Crippen LogP contribution >= 0.6 is 22.7 Å². The smallest absolute Gasteiger partial charge is 0.311 e. The Morgan fingerprint density at radius 2 is 1.03 bits per heavy atom. The van der Waals surface area contributed by atoms with Crippen molar-refractivity contribution in [2.45, 2.75) is 90.7 Å². The van der Waals surface area contributed by atoms with Crippen LogP contribution in [0.1, 0.15) is 76.6 Å². The standard InChI is InChI=1S/C20H28F6N4S2/c1-3-5-7-9-11-29-15(19(21,22)23)13-31-17(29)27-28-18-30(12-10-8-6-4-2)16(14-32-18)20(24,25)26/h13-14H,3-12H2,1-2H3/b27-17-,28-18+. The zero-order valence-corrected chi connectivity index (χ0v) is 19.7. The van der Waals surface area contributed by atoms with Crippen molar-refractivity contribution in [3.63, 3.8) is 0 Å². The van der Waals surface area contributed by atoms with Crippen molar-refractivity contribution in [3.05, 3.63) is 31.8 Å². The second-order valence-corrected chi connectivity index (χ2v) is 9.10. The summed E-state index contributed by atoms with van der Waals surface area (Å²) in [6.45, 7) is 4.27. The number of thiazole rings is 2.